The first kappa shape index (κ1) is 16.5. The van der Waals surface area contributed by atoms with Crippen molar-refractivity contribution in [1.29, 1.82) is 0 Å². The van der Waals surface area contributed by atoms with Gasteiger partial charge in [0.25, 0.3) is 0 Å². The van der Waals surface area contributed by atoms with Crippen molar-refractivity contribution in [2.45, 2.75) is 18.7 Å². The number of nitrogens with one attached hydrogen (secondary N) is 1. The molecule has 0 aliphatic heterocycles. The van der Waals surface area contributed by atoms with Gasteiger partial charge < -0.3 is 4.74 Å². The van der Waals surface area contributed by atoms with Crippen molar-refractivity contribution >= 4 is 10.0 Å². The fourth-order valence-corrected chi connectivity index (χ4v) is 3.32. The summed E-state index contributed by atoms with van der Waals surface area (Å²) in [6, 6.07) is 10.9. The normalized spacial score (nSPS) is 11.4. The SMILES string of the molecule is Cc1ccc(S(=O)(=O)NCCOc2cccc(F)c2)c(C)c1. The van der Waals surface area contributed by atoms with Gasteiger partial charge in [-0.1, -0.05) is 23.8 Å². The molecule has 0 saturated heterocycles. The fourth-order valence-electron chi connectivity index (χ4n) is 2.08. The van der Waals surface area contributed by atoms with Crippen molar-refractivity contribution in [2.75, 3.05) is 13.2 Å². The van der Waals surface area contributed by atoms with E-state index in [2.05, 4.69) is 4.72 Å². The number of benzene rings is 2. The van der Waals surface area contributed by atoms with Crippen molar-refractivity contribution in [1.82, 2.24) is 4.72 Å². The summed E-state index contributed by atoms with van der Waals surface area (Å²) in [5.74, 6) is -0.0286. The van der Waals surface area contributed by atoms with Crippen LogP contribution in [0.2, 0.25) is 0 Å². The molecule has 0 aliphatic carbocycles. The molecule has 0 aliphatic rings. The molecule has 0 radical (unpaired) electrons. The van der Waals surface area contributed by atoms with E-state index in [-0.39, 0.29) is 18.0 Å². The van der Waals surface area contributed by atoms with Gasteiger partial charge in [0, 0.05) is 12.6 Å². The second kappa shape index (κ2) is 6.89. The van der Waals surface area contributed by atoms with Crippen LogP contribution in [0.15, 0.2) is 47.4 Å². The van der Waals surface area contributed by atoms with Gasteiger partial charge in [0.15, 0.2) is 0 Å². The molecule has 22 heavy (non-hydrogen) atoms. The number of rotatable bonds is 6. The monoisotopic (exact) mass is 323 g/mol. The van der Waals surface area contributed by atoms with Crippen molar-refractivity contribution in [3.8, 4) is 5.75 Å². The third-order valence-electron chi connectivity index (χ3n) is 3.08. The summed E-state index contributed by atoms with van der Waals surface area (Å²) in [5, 5.41) is 0. The third-order valence-corrected chi connectivity index (χ3v) is 4.70. The first-order valence-corrected chi connectivity index (χ1v) is 8.32. The summed E-state index contributed by atoms with van der Waals surface area (Å²) in [7, 11) is -3.57. The van der Waals surface area contributed by atoms with Crippen LogP contribution in [-0.2, 0) is 10.0 Å². The molecule has 1 N–H and O–H groups in total. The van der Waals surface area contributed by atoms with Gasteiger partial charge in [0.1, 0.15) is 18.2 Å². The zero-order valence-electron chi connectivity index (χ0n) is 12.5. The lowest BCUT2D eigenvalue weighted by atomic mass is 10.2. The van der Waals surface area contributed by atoms with Crippen LogP contribution in [0.4, 0.5) is 4.39 Å². The quantitative estimate of drug-likeness (QED) is 0.832. The van der Waals surface area contributed by atoms with E-state index in [1.165, 1.54) is 18.2 Å². The Morgan fingerprint density at radius 2 is 1.91 bits per heavy atom. The minimum atomic E-state index is -3.57. The van der Waals surface area contributed by atoms with Gasteiger partial charge in [-0.15, -0.1) is 0 Å². The number of ether oxygens (including phenoxy) is 1. The van der Waals surface area contributed by atoms with Crippen molar-refractivity contribution in [2.24, 2.45) is 0 Å². The summed E-state index contributed by atoms with van der Waals surface area (Å²) in [5.41, 5.74) is 1.70. The molecule has 0 aromatic heterocycles. The molecule has 118 valence electrons. The van der Waals surface area contributed by atoms with Gasteiger partial charge in [-0.05, 0) is 37.6 Å². The highest BCUT2D eigenvalue weighted by molar-refractivity contribution is 7.89. The first-order chi connectivity index (χ1) is 10.4. The summed E-state index contributed by atoms with van der Waals surface area (Å²) in [6.07, 6.45) is 0. The Bertz CT molecular complexity index is 760. The standard InChI is InChI=1S/C16H18FNO3S/c1-12-6-7-16(13(2)10-12)22(19,20)18-8-9-21-15-5-3-4-14(17)11-15/h3-7,10-11,18H,8-9H2,1-2H3. The molecule has 0 unspecified atom stereocenters. The van der Waals surface area contributed by atoms with E-state index < -0.39 is 15.8 Å². The number of hydrogen-bond acceptors (Lipinski definition) is 3. The van der Waals surface area contributed by atoms with Crippen LogP contribution in [-0.4, -0.2) is 21.6 Å². The molecule has 0 fully saturated rings. The predicted molar refractivity (Wildman–Crippen MR) is 83.0 cm³/mol. The second-order valence-corrected chi connectivity index (χ2v) is 6.71. The zero-order chi connectivity index (χ0) is 16.2. The molecule has 2 aromatic rings. The second-order valence-electron chi connectivity index (χ2n) is 4.97. The van der Waals surface area contributed by atoms with E-state index in [1.807, 2.05) is 13.0 Å². The van der Waals surface area contributed by atoms with E-state index in [0.29, 0.717) is 11.3 Å². The fraction of sp³-hybridized carbons (Fsp3) is 0.250. The molecular formula is C16H18FNO3S. The van der Waals surface area contributed by atoms with Crippen LogP contribution in [0.5, 0.6) is 5.75 Å². The molecule has 2 aromatic carbocycles. The number of halogens is 1. The molecule has 0 spiro atoms. The molecule has 0 amide bonds. The summed E-state index contributed by atoms with van der Waals surface area (Å²) in [4.78, 5) is 0.254. The Morgan fingerprint density at radius 3 is 2.59 bits per heavy atom. The third kappa shape index (κ3) is 4.29. The van der Waals surface area contributed by atoms with Crippen LogP contribution in [0.3, 0.4) is 0 Å². The molecule has 0 heterocycles. The van der Waals surface area contributed by atoms with Gasteiger partial charge in [-0.2, -0.15) is 0 Å². The number of hydrogen-bond donors (Lipinski definition) is 1. The highest BCUT2D eigenvalue weighted by Crippen LogP contribution is 2.16. The van der Waals surface area contributed by atoms with Gasteiger partial charge >= 0.3 is 0 Å². The average Bonchev–Trinajstić information content (AvgIpc) is 2.43. The topological polar surface area (TPSA) is 55.4 Å². The summed E-state index contributed by atoms with van der Waals surface area (Å²) in [6.45, 7) is 3.88. The minimum Gasteiger partial charge on any atom is -0.492 e. The maximum atomic E-state index is 13.0. The van der Waals surface area contributed by atoms with Crippen molar-refractivity contribution in [3.63, 3.8) is 0 Å². The van der Waals surface area contributed by atoms with Crippen LogP contribution < -0.4 is 9.46 Å². The van der Waals surface area contributed by atoms with Crippen LogP contribution in [0, 0.1) is 19.7 Å². The number of aryl methyl sites for hydroxylation is 2. The maximum Gasteiger partial charge on any atom is 0.240 e. The van der Waals surface area contributed by atoms with Crippen LogP contribution in [0.25, 0.3) is 0 Å². The Kier molecular flexibility index (Phi) is 5.15. The summed E-state index contributed by atoms with van der Waals surface area (Å²) < 4.78 is 45.2. The van der Waals surface area contributed by atoms with E-state index in [9.17, 15) is 12.8 Å². The van der Waals surface area contributed by atoms with E-state index in [0.717, 1.165) is 5.56 Å². The smallest absolute Gasteiger partial charge is 0.240 e. The molecule has 2 rings (SSSR count). The Labute approximate surface area is 130 Å². The van der Waals surface area contributed by atoms with Gasteiger partial charge in [-0.25, -0.2) is 17.5 Å². The lowest BCUT2D eigenvalue weighted by Gasteiger charge is -2.11. The van der Waals surface area contributed by atoms with Crippen LogP contribution >= 0.6 is 0 Å². The molecule has 0 saturated carbocycles. The Balaban J connectivity index is 1.93. The maximum absolute atomic E-state index is 13.0. The van der Waals surface area contributed by atoms with Crippen molar-refractivity contribution in [3.05, 3.63) is 59.4 Å². The molecule has 0 bridgehead atoms. The highest BCUT2D eigenvalue weighted by atomic mass is 32.2. The van der Waals surface area contributed by atoms with Gasteiger partial charge in [0.2, 0.25) is 10.0 Å². The Morgan fingerprint density at radius 1 is 1.14 bits per heavy atom. The average molecular weight is 323 g/mol. The predicted octanol–water partition coefficient (Wildman–Crippen LogP) is 2.80. The first-order valence-electron chi connectivity index (χ1n) is 6.84. The number of sulfonamides is 1. The lowest BCUT2D eigenvalue weighted by molar-refractivity contribution is 0.321. The molecular weight excluding hydrogens is 305 g/mol. The summed E-state index contributed by atoms with van der Waals surface area (Å²) >= 11 is 0. The van der Waals surface area contributed by atoms with Gasteiger partial charge in [-0.3, -0.25) is 0 Å². The van der Waals surface area contributed by atoms with E-state index in [4.69, 9.17) is 4.74 Å². The van der Waals surface area contributed by atoms with Crippen molar-refractivity contribution < 1.29 is 17.5 Å². The largest absolute Gasteiger partial charge is 0.492 e. The van der Waals surface area contributed by atoms with Crippen LogP contribution in [0.1, 0.15) is 11.1 Å². The highest BCUT2D eigenvalue weighted by Gasteiger charge is 2.15. The zero-order valence-corrected chi connectivity index (χ0v) is 13.3. The molecule has 4 nitrogen and oxygen atoms in total. The minimum absolute atomic E-state index is 0.103. The Hall–Kier alpha value is -1.92. The molecule has 0 atom stereocenters. The molecule has 6 heteroatoms. The lowest BCUT2D eigenvalue weighted by Crippen LogP contribution is -2.28. The van der Waals surface area contributed by atoms with Gasteiger partial charge in [0.05, 0.1) is 4.90 Å². The van der Waals surface area contributed by atoms with E-state index in [1.54, 1.807) is 25.1 Å². The van der Waals surface area contributed by atoms with E-state index >= 15 is 0 Å².